The van der Waals surface area contributed by atoms with Gasteiger partial charge in [-0.05, 0) is 46.2 Å². The zero-order valence-corrected chi connectivity index (χ0v) is 14.5. The summed E-state index contributed by atoms with van der Waals surface area (Å²) in [6.45, 7) is 16.9. The Labute approximate surface area is 109 Å². The van der Waals surface area contributed by atoms with E-state index in [0.29, 0.717) is 0 Å². The lowest BCUT2D eigenvalue weighted by Gasteiger charge is -2.33. The standard InChI is InChI=1S/C11H26BNO2Si2/c1-10(9-13)11(2)12(14-16(3,4)5)15-17(6,7)8/h10-11H,1-8H3. The molecule has 0 amide bonds. The molecular formula is C11H26BNO2Si2. The van der Waals surface area contributed by atoms with Gasteiger partial charge in [-0.1, -0.05) is 6.92 Å². The highest BCUT2D eigenvalue weighted by molar-refractivity contribution is 6.81. The van der Waals surface area contributed by atoms with Crippen molar-refractivity contribution in [3.63, 3.8) is 0 Å². The van der Waals surface area contributed by atoms with E-state index in [0.717, 1.165) is 0 Å². The number of nitriles is 1. The van der Waals surface area contributed by atoms with E-state index < -0.39 is 16.6 Å². The minimum Gasteiger partial charge on any atom is -0.454 e. The summed E-state index contributed by atoms with van der Waals surface area (Å²) in [5, 5.41) is 9.01. The van der Waals surface area contributed by atoms with Crippen LogP contribution >= 0.6 is 0 Å². The molecule has 0 heterocycles. The number of nitrogens with zero attached hydrogens (tertiary/aromatic N) is 1. The molecule has 3 nitrogen and oxygen atoms in total. The Hall–Kier alpha value is -0.0913. The topological polar surface area (TPSA) is 42.2 Å². The first-order chi connectivity index (χ1) is 7.46. The third-order valence-corrected chi connectivity index (χ3v) is 4.24. The van der Waals surface area contributed by atoms with Crippen LogP contribution in [0, 0.1) is 17.2 Å². The molecule has 0 saturated carbocycles. The van der Waals surface area contributed by atoms with E-state index in [1.54, 1.807) is 0 Å². The van der Waals surface area contributed by atoms with Gasteiger partial charge in [0.05, 0.1) is 6.07 Å². The molecule has 0 aliphatic rings. The second-order valence-corrected chi connectivity index (χ2v) is 15.5. The van der Waals surface area contributed by atoms with Gasteiger partial charge < -0.3 is 8.69 Å². The van der Waals surface area contributed by atoms with Crippen molar-refractivity contribution in [2.45, 2.75) is 58.9 Å². The molecule has 98 valence electrons. The molecular weight excluding hydrogens is 245 g/mol. The number of hydrogen-bond acceptors (Lipinski definition) is 3. The Kier molecular flexibility index (Phi) is 6.15. The summed E-state index contributed by atoms with van der Waals surface area (Å²) in [6.07, 6.45) is 0. The maximum absolute atomic E-state index is 9.01. The Bertz CT molecular complexity index is 265. The van der Waals surface area contributed by atoms with Gasteiger partial charge in [-0.25, -0.2) is 0 Å². The van der Waals surface area contributed by atoms with Crippen LogP contribution in [-0.4, -0.2) is 23.8 Å². The van der Waals surface area contributed by atoms with Crippen LogP contribution in [0.4, 0.5) is 0 Å². The second kappa shape index (κ2) is 6.19. The Morgan fingerprint density at radius 2 is 1.29 bits per heavy atom. The van der Waals surface area contributed by atoms with Gasteiger partial charge in [0.1, 0.15) is 0 Å². The predicted molar refractivity (Wildman–Crippen MR) is 78.8 cm³/mol. The van der Waals surface area contributed by atoms with E-state index in [9.17, 15) is 0 Å². The van der Waals surface area contributed by atoms with Gasteiger partial charge in [-0.15, -0.1) is 0 Å². The number of hydrogen-bond donors (Lipinski definition) is 0. The minimum atomic E-state index is -1.65. The molecule has 0 fully saturated rings. The maximum Gasteiger partial charge on any atom is 0.439 e. The molecule has 0 rings (SSSR count). The lowest BCUT2D eigenvalue weighted by Crippen LogP contribution is -2.46. The molecule has 17 heavy (non-hydrogen) atoms. The highest BCUT2D eigenvalue weighted by Crippen LogP contribution is 2.26. The van der Waals surface area contributed by atoms with Crippen molar-refractivity contribution in [2.24, 2.45) is 5.92 Å². The van der Waals surface area contributed by atoms with Gasteiger partial charge in [-0.2, -0.15) is 5.26 Å². The van der Waals surface area contributed by atoms with Gasteiger partial charge in [0.2, 0.25) is 0 Å². The van der Waals surface area contributed by atoms with Crippen molar-refractivity contribution in [3.05, 3.63) is 0 Å². The molecule has 0 aromatic carbocycles. The first-order valence-corrected chi connectivity index (χ1v) is 13.0. The lowest BCUT2D eigenvalue weighted by molar-refractivity contribution is 0.388. The zero-order valence-electron chi connectivity index (χ0n) is 12.5. The normalized spacial score (nSPS) is 16.2. The van der Waals surface area contributed by atoms with E-state index in [1.807, 2.05) is 13.8 Å². The van der Waals surface area contributed by atoms with Crippen molar-refractivity contribution >= 4 is 23.8 Å². The smallest absolute Gasteiger partial charge is 0.439 e. The molecule has 0 aromatic rings. The molecule has 0 radical (unpaired) electrons. The van der Waals surface area contributed by atoms with Crippen molar-refractivity contribution in [1.29, 1.82) is 5.26 Å². The first-order valence-electron chi connectivity index (χ1n) is 6.21. The van der Waals surface area contributed by atoms with Crippen LogP contribution in [0.3, 0.4) is 0 Å². The largest absolute Gasteiger partial charge is 0.454 e. The molecule has 0 spiro atoms. The highest BCUT2D eigenvalue weighted by Gasteiger charge is 2.37. The third kappa shape index (κ3) is 7.76. The molecule has 0 N–H and O–H groups in total. The molecule has 2 atom stereocenters. The summed E-state index contributed by atoms with van der Waals surface area (Å²) in [7, 11) is -3.54. The monoisotopic (exact) mass is 271 g/mol. The Morgan fingerprint density at radius 1 is 0.941 bits per heavy atom. The summed E-state index contributed by atoms with van der Waals surface area (Å²) < 4.78 is 12.2. The van der Waals surface area contributed by atoms with Gasteiger partial charge in [0, 0.05) is 11.7 Å². The van der Waals surface area contributed by atoms with E-state index >= 15 is 0 Å². The average Bonchev–Trinajstić information content (AvgIpc) is 2.09. The van der Waals surface area contributed by atoms with Crippen LogP contribution in [0.25, 0.3) is 0 Å². The quantitative estimate of drug-likeness (QED) is 0.691. The molecule has 0 bridgehead atoms. The lowest BCUT2D eigenvalue weighted by atomic mass is 9.68. The molecule has 6 heteroatoms. The van der Waals surface area contributed by atoms with Crippen LogP contribution in [0.1, 0.15) is 13.8 Å². The van der Waals surface area contributed by atoms with E-state index in [1.165, 1.54) is 0 Å². The number of rotatable bonds is 6. The summed E-state index contributed by atoms with van der Waals surface area (Å²) in [5.74, 6) is 0.0612. The van der Waals surface area contributed by atoms with Crippen molar-refractivity contribution in [2.75, 3.05) is 0 Å². The summed E-state index contributed by atoms with van der Waals surface area (Å²) in [5.41, 5.74) is 0. The van der Waals surface area contributed by atoms with E-state index in [2.05, 4.69) is 45.4 Å². The maximum atomic E-state index is 9.01. The summed E-state index contributed by atoms with van der Waals surface area (Å²) in [4.78, 5) is 0. The van der Waals surface area contributed by atoms with Gasteiger partial charge >= 0.3 is 7.12 Å². The Balaban J connectivity index is 4.80. The third-order valence-electron chi connectivity index (χ3n) is 2.36. The summed E-state index contributed by atoms with van der Waals surface area (Å²) in [6, 6.07) is 2.29. The fraction of sp³-hybridized carbons (Fsp3) is 0.909. The SMILES string of the molecule is CC(C#N)C(C)B(O[Si](C)(C)C)O[Si](C)(C)C. The summed E-state index contributed by atoms with van der Waals surface area (Å²) >= 11 is 0. The molecule has 0 aliphatic heterocycles. The molecule has 2 unspecified atom stereocenters. The molecule has 0 aromatic heterocycles. The van der Waals surface area contributed by atoms with Crippen LogP contribution in [-0.2, 0) is 8.69 Å². The van der Waals surface area contributed by atoms with E-state index in [4.69, 9.17) is 13.9 Å². The van der Waals surface area contributed by atoms with Gasteiger partial charge in [-0.3, -0.25) is 0 Å². The Morgan fingerprint density at radius 3 is 1.53 bits per heavy atom. The fourth-order valence-electron chi connectivity index (χ4n) is 1.29. The van der Waals surface area contributed by atoms with Crippen molar-refractivity contribution < 1.29 is 8.69 Å². The zero-order chi connectivity index (χ0) is 13.9. The average molecular weight is 271 g/mol. The van der Waals surface area contributed by atoms with Crippen LogP contribution in [0.15, 0.2) is 0 Å². The second-order valence-electron chi connectivity index (χ2n) is 6.61. The van der Waals surface area contributed by atoms with Crippen molar-refractivity contribution in [3.8, 4) is 6.07 Å². The van der Waals surface area contributed by atoms with Crippen LogP contribution in [0.5, 0.6) is 0 Å². The van der Waals surface area contributed by atoms with Gasteiger partial charge in [0.25, 0.3) is 0 Å². The molecule has 0 aliphatic carbocycles. The van der Waals surface area contributed by atoms with E-state index in [-0.39, 0.29) is 18.9 Å². The minimum absolute atomic E-state index is 0.0484. The predicted octanol–water partition coefficient (Wildman–Crippen LogP) is 3.73. The van der Waals surface area contributed by atoms with Crippen LogP contribution in [0.2, 0.25) is 45.1 Å². The highest BCUT2D eigenvalue weighted by atomic mass is 28.4. The van der Waals surface area contributed by atoms with Crippen molar-refractivity contribution in [1.82, 2.24) is 0 Å². The first kappa shape index (κ1) is 16.9. The van der Waals surface area contributed by atoms with Crippen LogP contribution < -0.4 is 0 Å². The molecule has 0 saturated heterocycles. The van der Waals surface area contributed by atoms with Gasteiger partial charge in [0.15, 0.2) is 16.6 Å². The fourth-order valence-corrected chi connectivity index (χ4v) is 3.30.